The zero-order valence-corrected chi connectivity index (χ0v) is 15.2. The van der Waals surface area contributed by atoms with Crippen LogP contribution >= 0.6 is 0 Å². The van der Waals surface area contributed by atoms with Gasteiger partial charge in [0, 0.05) is 23.9 Å². The third kappa shape index (κ3) is 3.91. The Bertz CT molecular complexity index is 1120. The summed E-state index contributed by atoms with van der Waals surface area (Å²) in [6.07, 6.45) is 1.95. The van der Waals surface area contributed by atoms with Gasteiger partial charge in [0.15, 0.2) is 0 Å². The third-order valence-corrected chi connectivity index (χ3v) is 4.36. The lowest BCUT2D eigenvalue weighted by molar-refractivity contribution is 0.628. The predicted octanol–water partition coefficient (Wildman–Crippen LogP) is 2.69. The number of nitrogens with zero attached hydrogens (tertiary/aromatic N) is 3. The van der Waals surface area contributed by atoms with Gasteiger partial charge in [-0.2, -0.15) is 10.2 Å². The number of rotatable bonds is 6. The first-order valence-electron chi connectivity index (χ1n) is 8.84. The summed E-state index contributed by atoms with van der Waals surface area (Å²) in [4.78, 5) is 13.7. The molecule has 2 heterocycles. The van der Waals surface area contributed by atoms with Crippen LogP contribution in [0.3, 0.4) is 0 Å². The van der Waals surface area contributed by atoms with Crippen LogP contribution in [0.2, 0.25) is 0 Å². The fraction of sp³-hybridized carbons (Fsp3) is 0.150. The molecule has 4 rings (SSSR count). The quantitative estimate of drug-likeness (QED) is 0.481. The molecular formula is C20H19FN6O. The summed E-state index contributed by atoms with van der Waals surface area (Å²) in [6, 6.07) is 14.3. The van der Waals surface area contributed by atoms with E-state index in [4.69, 9.17) is 5.10 Å². The molecule has 0 amide bonds. The molecule has 0 radical (unpaired) electrons. The maximum absolute atomic E-state index is 13.3. The first kappa shape index (κ1) is 17.9. The molecular weight excluding hydrogens is 359 g/mol. The molecule has 2 aromatic carbocycles. The molecule has 142 valence electrons. The average Bonchev–Trinajstić information content (AvgIpc) is 3.30. The van der Waals surface area contributed by atoms with E-state index in [1.807, 2.05) is 42.1 Å². The Morgan fingerprint density at radius 3 is 2.50 bits per heavy atom. The van der Waals surface area contributed by atoms with E-state index in [2.05, 4.69) is 20.5 Å². The first-order chi connectivity index (χ1) is 13.6. The van der Waals surface area contributed by atoms with Crippen molar-refractivity contribution in [1.82, 2.24) is 30.3 Å². The molecule has 8 heteroatoms. The largest absolute Gasteiger partial charge is 0.340 e. The van der Waals surface area contributed by atoms with Gasteiger partial charge in [-0.1, -0.05) is 17.7 Å². The lowest BCUT2D eigenvalue weighted by Gasteiger charge is -2.03. The Labute approximate surface area is 160 Å². The molecule has 2 aromatic heterocycles. The van der Waals surface area contributed by atoms with Crippen LogP contribution in [0.15, 0.2) is 59.5 Å². The monoisotopic (exact) mass is 378 g/mol. The summed E-state index contributed by atoms with van der Waals surface area (Å²) < 4.78 is 15.1. The molecule has 0 saturated heterocycles. The van der Waals surface area contributed by atoms with Crippen molar-refractivity contribution in [2.75, 3.05) is 0 Å². The minimum atomic E-state index is -0.337. The summed E-state index contributed by atoms with van der Waals surface area (Å²) in [6.45, 7) is 2.94. The second-order valence-corrected chi connectivity index (χ2v) is 6.52. The molecule has 0 fully saturated rings. The fourth-order valence-corrected chi connectivity index (χ4v) is 2.92. The van der Waals surface area contributed by atoms with Crippen molar-refractivity contribution < 1.29 is 4.39 Å². The van der Waals surface area contributed by atoms with Crippen molar-refractivity contribution in [2.45, 2.75) is 20.0 Å². The Kier molecular flexibility index (Phi) is 4.86. The van der Waals surface area contributed by atoms with E-state index in [1.165, 1.54) is 17.7 Å². The van der Waals surface area contributed by atoms with Crippen molar-refractivity contribution in [2.24, 2.45) is 0 Å². The van der Waals surface area contributed by atoms with E-state index in [0.29, 0.717) is 18.9 Å². The molecule has 0 atom stereocenters. The van der Waals surface area contributed by atoms with Crippen molar-refractivity contribution in [3.8, 4) is 16.9 Å². The SMILES string of the molecule is Cc1ccc(-n2cc(CNCc3n[nH]c(=O)[nH]3)c(-c3ccc(F)cc3)n2)cc1. The van der Waals surface area contributed by atoms with Gasteiger partial charge in [0.1, 0.15) is 11.6 Å². The van der Waals surface area contributed by atoms with Gasteiger partial charge >= 0.3 is 5.69 Å². The maximum Gasteiger partial charge on any atom is 0.340 e. The van der Waals surface area contributed by atoms with Gasteiger partial charge in [0.2, 0.25) is 0 Å². The average molecular weight is 378 g/mol. The molecule has 3 N–H and O–H groups in total. The normalized spacial score (nSPS) is 11.1. The van der Waals surface area contributed by atoms with E-state index < -0.39 is 0 Å². The molecule has 0 aliphatic heterocycles. The Morgan fingerprint density at radius 1 is 1.07 bits per heavy atom. The highest BCUT2D eigenvalue weighted by Gasteiger charge is 2.13. The summed E-state index contributed by atoms with van der Waals surface area (Å²) in [7, 11) is 0. The Balaban J connectivity index is 1.62. The van der Waals surface area contributed by atoms with Crippen molar-refractivity contribution in [3.63, 3.8) is 0 Å². The van der Waals surface area contributed by atoms with Gasteiger partial charge in [-0.25, -0.2) is 19.0 Å². The van der Waals surface area contributed by atoms with E-state index in [1.54, 1.807) is 12.1 Å². The van der Waals surface area contributed by atoms with Crippen molar-refractivity contribution >= 4 is 0 Å². The molecule has 0 aliphatic carbocycles. The minimum absolute atomic E-state index is 0.288. The highest BCUT2D eigenvalue weighted by molar-refractivity contribution is 5.63. The number of nitrogens with one attached hydrogen (secondary N) is 3. The zero-order valence-electron chi connectivity index (χ0n) is 15.2. The van der Waals surface area contributed by atoms with E-state index >= 15 is 0 Å². The molecule has 0 aliphatic rings. The molecule has 4 aromatic rings. The van der Waals surface area contributed by atoms with Gasteiger partial charge in [-0.15, -0.1) is 0 Å². The molecule has 0 bridgehead atoms. The number of hydrogen-bond acceptors (Lipinski definition) is 4. The van der Waals surface area contributed by atoms with Crippen LogP contribution in [-0.4, -0.2) is 25.0 Å². The summed E-state index contributed by atoms with van der Waals surface area (Å²) in [5.74, 6) is 0.239. The van der Waals surface area contributed by atoms with Crippen LogP contribution in [0.1, 0.15) is 17.0 Å². The maximum atomic E-state index is 13.3. The van der Waals surface area contributed by atoms with Gasteiger partial charge in [-0.3, -0.25) is 4.98 Å². The number of halogens is 1. The standard InChI is InChI=1S/C20H19FN6O/c1-13-2-8-17(9-3-13)27-12-15(10-22-11-18-23-20(28)25-24-18)19(26-27)14-4-6-16(21)7-5-14/h2-9,12,22H,10-11H2,1H3,(H2,23,24,25,28). The molecule has 28 heavy (non-hydrogen) atoms. The first-order valence-corrected chi connectivity index (χ1v) is 8.84. The number of aromatic nitrogens is 5. The topological polar surface area (TPSA) is 91.4 Å². The minimum Gasteiger partial charge on any atom is -0.306 e. The van der Waals surface area contributed by atoms with Crippen molar-refractivity contribution in [1.29, 1.82) is 0 Å². The smallest absolute Gasteiger partial charge is 0.306 e. The van der Waals surface area contributed by atoms with Crippen LogP contribution in [0.5, 0.6) is 0 Å². The lowest BCUT2D eigenvalue weighted by atomic mass is 10.1. The molecule has 0 spiro atoms. The summed E-state index contributed by atoms with van der Waals surface area (Å²) >= 11 is 0. The summed E-state index contributed by atoms with van der Waals surface area (Å²) in [5.41, 5.74) is 4.32. The fourth-order valence-electron chi connectivity index (χ4n) is 2.92. The second-order valence-electron chi connectivity index (χ2n) is 6.52. The van der Waals surface area contributed by atoms with Crippen LogP contribution in [0.4, 0.5) is 4.39 Å². The van der Waals surface area contributed by atoms with Gasteiger partial charge in [0.25, 0.3) is 0 Å². The van der Waals surface area contributed by atoms with Crippen LogP contribution in [0, 0.1) is 12.7 Å². The van der Waals surface area contributed by atoms with E-state index in [-0.39, 0.29) is 11.5 Å². The number of hydrogen-bond donors (Lipinski definition) is 3. The number of aromatic amines is 2. The Hall–Kier alpha value is -3.52. The zero-order chi connectivity index (χ0) is 19.5. The van der Waals surface area contributed by atoms with Crippen LogP contribution < -0.4 is 11.0 Å². The highest BCUT2D eigenvalue weighted by Crippen LogP contribution is 2.24. The number of benzene rings is 2. The lowest BCUT2D eigenvalue weighted by Crippen LogP contribution is -2.14. The third-order valence-electron chi connectivity index (χ3n) is 4.36. The second kappa shape index (κ2) is 7.61. The van der Waals surface area contributed by atoms with E-state index in [9.17, 15) is 9.18 Å². The van der Waals surface area contributed by atoms with Gasteiger partial charge in [-0.05, 0) is 43.3 Å². The summed E-state index contributed by atoms with van der Waals surface area (Å²) in [5, 5.41) is 14.2. The van der Waals surface area contributed by atoms with E-state index in [0.717, 1.165) is 22.5 Å². The molecule has 7 nitrogen and oxygen atoms in total. The van der Waals surface area contributed by atoms with Crippen LogP contribution in [-0.2, 0) is 13.1 Å². The van der Waals surface area contributed by atoms with Crippen LogP contribution in [0.25, 0.3) is 16.9 Å². The number of H-pyrrole nitrogens is 2. The Morgan fingerprint density at radius 2 is 1.82 bits per heavy atom. The number of aryl methyl sites for hydroxylation is 1. The van der Waals surface area contributed by atoms with Gasteiger partial charge < -0.3 is 5.32 Å². The van der Waals surface area contributed by atoms with Crippen molar-refractivity contribution in [3.05, 3.63) is 88.0 Å². The molecule has 0 unspecified atom stereocenters. The predicted molar refractivity (Wildman–Crippen MR) is 103 cm³/mol. The molecule has 0 saturated carbocycles. The highest BCUT2D eigenvalue weighted by atomic mass is 19.1. The van der Waals surface area contributed by atoms with Gasteiger partial charge in [0.05, 0.1) is 17.9 Å².